The van der Waals surface area contributed by atoms with Gasteiger partial charge < -0.3 is 15.5 Å². The smallest absolute Gasteiger partial charge is 0.366 e. The first-order chi connectivity index (χ1) is 18.6. The molecule has 1 unspecified atom stereocenters. The molecule has 1 aromatic heterocycles. The lowest BCUT2D eigenvalue weighted by atomic mass is 9.87. The molecule has 0 aliphatic carbocycles. The molecule has 0 bridgehead atoms. The van der Waals surface area contributed by atoms with Crippen molar-refractivity contribution in [1.29, 1.82) is 0 Å². The summed E-state index contributed by atoms with van der Waals surface area (Å²) in [7, 11) is 0. The fourth-order valence-corrected chi connectivity index (χ4v) is 5.65. The Morgan fingerprint density at radius 1 is 0.949 bits per heavy atom. The largest absolute Gasteiger partial charge is 0.419 e. The monoisotopic (exact) mass is 540 g/mol. The summed E-state index contributed by atoms with van der Waals surface area (Å²) < 4.78 is 41.3. The molecule has 3 aliphatic rings. The SMILES string of the molecule is CC(C)(C)c1ccc(NC2=NC(CN3CCCCC3)NC3=C2CCN(c2ncccc2C(F)(F)F)CC3)cc1. The van der Waals surface area contributed by atoms with Crippen LogP contribution in [0.1, 0.15) is 64.0 Å². The van der Waals surface area contributed by atoms with Gasteiger partial charge in [-0.2, -0.15) is 13.2 Å². The first kappa shape index (κ1) is 27.5. The summed E-state index contributed by atoms with van der Waals surface area (Å²) in [5, 5.41) is 7.21. The van der Waals surface area contributed by atoms with Crippen molar-refractivity contribution in [3.05, 3.63) is 65.0 Å². The van der Waals surface area contributed by atoms with Gasteiger partial charge in [0.2, 0.25) is 0 Å². The van der Waals surface area contributed by atoms with Gasteiger partial charge in [-0.1, -0.05) is 39.3 Å². The highest BCUT2D eigenvalue weighted by atomic mass is 19.4. The van der Waals surface area contributed by atoms with Crippen molar-refractivity contribution in [2.75, 3.05) is 42.9 Å². The molecule has 5 rings (SSSR count). The van der Waals surface area contributed by atoms with E-state index in [0.717, 1.165) is 48.5 Å². The van der Waals surface area contributed by atoms with Crippen LogP contribution in [0, 0.1) is 0 Å². The van der Waals surface area contributed by atoms with Crippen LogP contribution in [0.4, 0.5) is 24.7 Å². The molecule has 0 amide bonds. The van der Waals surface area contributed by atoms with Crippen LogP contribution in [0.5, 0.6) is 0 Å². The Hall–Kier alpha value is -3.07. The molecule has 4 heterocycles. The molecule has 0 saturated carbocycles. The van der Waals surface area contributed by atoms with Gasteiger partial charge in [-0.3, -0.25) is 4.90 Å². The number of amidine groups is 1. The zero-order valence-electron chi connectivity index (χ0n) is 23.1. The maximum Gasteiger partial charge on any atom is 0.419 e. The molecule has 1 fully saturated rings. The number of aliphatic imine (C=N–C) groups is 1. The van der Waals surface area contributed by atoms with Crippen LogP contribution in [0.25, 0.3) is 0 Å². The second kappa shape index (κ2) is 11.2. The molecule has 2 N–H and O–H groups in total. The highest BCUT2D eigenvalue weighted by molar-refractivity contribution is 6.09. The lowest BCUT2D eigenvalue weighted by molar-refractivity contribution is -0.137. The van der Waals surface area contributed by atoms with E-state index in [1.807, 2.05) is 0 Å². The Bertz CT molecular complexity index is 1210. The minimum atomic E-state index is -4.45. The summed E-state index contributed by atoms with van der Waals surface area (Å²) in [5.41, 5.74) is 3.68. The second-order valence-corrected chi connectivity index (χ2v) is 11.8. The van der Waals surface area contributed by atoms with Crippen LogP contribution in [0.15, 0.2) is 58.9 Å². The van der Waals surface area contributed by atoms with E-state index in [1.165, 1.54) is 37.1 Å². The average molecular weight is 541 g/mol. The van der Waals surface area contributed by atoms with Crippen LogP contribution in [0.2, 0.25) is 0 Å². The number of aromatic nitrogens is 1. The van der Waals surface area contributed by atoms with E-state index in [0.29, 0.717) is 25.9 Å². The van der Waals surface area contributed by atoms with Gasteiger partial charge in [0.15, 0.2) is 0 Å². The molecule has 9 heteroatoms. The van der Waals surface area contributed by atoms with Gasteiger partial charge in [0.1, 0.15) is 17.8 Å². The number of nitrogens with one attached hydrogen (secondary N) is 2. The molecule has 0 radical (unpaired) electrons. The standard InChI is InChI=1S/C30H39F3N6/c1-29(2,3)21-9-11-22(12-10-21)35-27-23-13-18-39(28-24(30(31,32)33)8-7-15-34-28)19-14-25(23)36-26(37-27)20-38-16-5-4-6-17-38/h7-12,15,26,36H,4-6,13-14,16-20H2,1-3H3,(H,35,37). The van der Waals surface area contributed by atoms with Crippen molar-refractivity contribution < 1.29 is 13.2 Å². The van der Waals surface area contributed by atoms with Crippen molar-refractivity contribution in [1.82, 2.24) is 15.2 Å². The molecule has 0 spiro atoms. The minimum absolute atomic E-state index is 0.000990. The van der Waals surface area contributed by atoms with Crippen molar-refractivity contribution in [3.8, 4) is 0 Å². The molecule has 210 valence electrons. The van der Waals surface area contributed by atoms with Crippen molar-refractivity contribution in [2.45, 2.75) is 70.6 Å². The number of benzene rings is 1. The molecule has 39 heavy (non-hydrogen) atoms. The Kier molecular flexibility index (Phi) is 7.89. The van der Waals surface area contributed by atoms with E-state index in [2.05, 4.69) is 65.6 Å². The van der Waals surface area contributed by atoms with Gasteiger partial charge >= 0.3 is 6.18 Å². The Morgan fingerprint density at radius 2 is 1.67 bits per heavy atom. The molecule has 2 aromatic rings. The van der Waals surface area contributed by atoms with E-state index in [-0.39, 0.29) is 17.4 Å². The first-order valence-electron chi connectivity index (χ1n) is 14.0. The lowest BCUT2D eigenvalue weighted by Gasteiger charge is -2.33. The summed E-state index contributed by atoms with van der Waals surface area (Å²) in [6.45, 7) is 10.4. The van der Waals surface area contributed by atoms with Crippen molar-refractivity contribution in [2.24, 2.45) is 4.99 Å². The maximum absolute atomic E-state index is 13.8. The molecule has 1 atom stereocenters. The second-order valence-electron chi connectivity index (χ2n) is 11.8. The predicted octanol–water partition coefficient (Wildman–Crippen LogP) is 6.18. The maximum atomic E-state index is 13.8. The summed E-state index contributed by atoms with van der Waals surface area (Å²) in [5.74, 6) is 0.812. The van der Waals surface area contributed by atoms with E-state index in [9.17, 15) is 13.2 Å². The number of pyridine rings is 1. The Labute approximate surface area is 229 Å². The third-order valence-corrected chi connectivity index (χ3v) is 7.82. The van der Waals surface area contributed by atoms with Crippen LogP contribution >= 0.6 is 0 Å². The zero-order chi connectivity index (χ0) is 27.6. The Morgan fingerprint density at radius 3 is 2.36 bits per heavy atom. The quantitative estimate of drug-likeness (QED) is 0.485. The van der Waals surface area contributed by atoms with Crippen LogP contribution in [0.3, 0.4) is 0 Å². The summed E-state index contributed by atoms with van der Waals surface area (Å²) >= 11 is 0. The molecule has 3 aliphatic heterocycles. The van der Waals surface area contributed by atoms with E-state index in [1.54, 1.807) is 4.90 Å². The summed E-state index contributed by atoms with van der Waals surface area (Å²) in [4.78, 5) is 13.5. The van der Waals surface area contributed by atoms with Gasteiger partial charge in [-0.05, 0) is 67.6 Å². The summed E-state index contributed by atoms with van der Waals surface area (Å²) in [6.07, 6.45) is 1.73. The molecular weight excluding hydrogens is 501 g/mol. The number of rotatable bonds is 4. The molecule has 1 saturated heterocycles. The Balaban J connectivity index is 1.39. The fraction of sp³-hybridized carbons (Fsp3) is 0.533. The van der Waals surface area contributed by atoms with Crippen LogP contribution in [-0.2, 0) is 11.6 Å². The van der Waals surface area contributed by atoms with E-state index >= 15 is 0 Å². The lowest BCUT2D eigenvalue weighted by Crippen LogP contribution is -2.45. The van der Waals surface area contributed by atoms with Crippen LogP contribution < -0.4 is 15.5 Å². The minimum Gasteiger partial charge on any atom is -0.366 e. The zero-order valence-corrected chi connectivity index (χ0v) is 23.1. The average Bonchev–Trinajstić information content (AvgIpc) is 3.12. The third-order valence-electron chi connectivity index (χ3n) is 7.82. The topological polar surface area (TPSA) is 55.8 Å². The first-order valence-corrected chi connectivity index (χ1v) is 14.0. The van der Waals surface area contributed by atoms with Crippen molar-refractivity contribution in [3.63, 3.8) is 0 Å². The van der Waals surface area contributed by atoms with Gasteiger partial charge in [-0.25, -0.2) is 9.98 Å². The van der Waals surface area contributed by atoms with E-state index < -0.39 is 11.7 Å². The third kappa shape index (κ3) is 6.57. The number of likely N-dealkylation sites (tertiary alicyclic amines) is 1. The highest BCUT2D eigenvalue weighted by Crippen LogP contribution is 2.36. The normalized spacial score (nSPS) is 21.1. The number of hydrogen-bond donors (Lipinski definition) is 2. The number of piperidine rings is 1. The molecule has 1 aromatic carbocycles. The summed E-state index contributed by atoms with van der Waals surface area (Å²) in [6, 6.07) is 10.9. The fourth-order valence-electron chi connectivity index (χ4n) is 5.65. The number of nitrogens with zero attached hydrogens (tertiary/aromatic N) is 4. The molecular formula is C30H39F3N6. The highest BCUT2D eigenvalue weighted by Gasteiger charge is 2.36. The van der Waals surface area contributed by atoms with Gasteiger partial charge in [0.25, 0.3) is 0 Å². The number of anilines is 2. The number of hydrogen-bond acceptors (Lipinski definition) is 6. The van der Waals surface area contributed by atoms with Gasteiger partial charge in [0, 0.05) is 49.2 Å². The van der Waals surface area contributed by atoms with Gasteiger partial charge in [0.05, 0.1) is 5.56 Å². The van der Waals surface area contributed by atoms with E-state index in [4.69, 9.17) is 4.99 Å². The number of alkyl halides is 3. The number of halogens is 3. The van der Waals surface area contributed by atoms with Crippen LogP contribution in [-0.4, -0.2) is 54.6 Å². The predicted molar refractivity (Wildman–Crippen MR) is 151 cm³/mol. The van der Waals surface area contributed by atoms with Crippen molar-refractivity contribution >= 4 is 17.3 Å². The molecule has 6 nitrogen and oxygen atoms in total. The van der Waals surface area contributed by atoms with Gasteiger partial charge in [-0.15, -0.1) is 0 Å².